The van der Waals surface area contributed by atoms with Crippen molar-refractivity contribution < 1.29 is 34.4 Å². The molecule has 0 radical (unpaired) electrons. The molecule has 0 heterocycles. The number of hydrogen-bond donors (Lipinski definition) is 3. The van der Waals surface area contributed by atoms with E-state index in [9.17, 15) is 14.7 Å². The van der Waals surface area contributed by atoms with E-state index in [1.54, 1.807) is 19.1 Å². The van der Waals surface area contributed by atoms with E-state index in [1.165, 1.54) is 95.6 Å². The molecule has 3 N–H and O–H groups in total. The van der Waals surface area contributed by atoms with Gasteiger partial charge in [-0.3, -0.25) is 4.79 Å². The summed E-state index contributed by atoms with van der Waals surface area (Å²) in [5.41, 5.74) is 0.208. The van der Waals surface area contributed by atoms with Crippen LogP contribution in [-0.2, 0) is 14.3 Å². The Morgan fingerprint density at radius 3 is 1.70 bits per heavy atom. The van der Waals surface area contributed by atoms with Gasteiger partial charge in [0.1, 0.15) is 24.0 Å². The zero-order chi connectivity index (χ0) is 27.6. The Hall–Kier alpha value is -2.12. The van der Waals surface area contributed by atoms with Gasteiger partial charge in [0.2, 0.25) is 0 Å². The molecular formula is C30H52O7. The van der Waals surface area contributed by atoms with Crippen molar-refractivity contribution in [3.8, 4) is 5.75 Å². The van der Waals surface area contributed by atoms with Crippen LogP contribution in [-0.4, -0.2) is 53.2 Å². The average molecular weight is 525 g/mol. The summed E-state index contributed by atoms with van der Waals surface area (Å²) in [7, 11) is 0. The fourth-order valence-corrected chi connectivity index (χ4v) is 3.81. The van der Waals surface area contributed by atoms with Gasteiger partial charge < -0.3 is 24.8 Å². The normalized spacial score (nSPS) is 11.4. The van der Waals surface area contributed by atoms with Gasteiger partial charge in [0.25, 0.3) is 0 Å². The molecule has 0 saturated heterocycles. The van der Waals surface area contributed by atoms with Gasteiger partial charge >= 0.3 is 11.9 Å². The van der Waals surface area contributed by atoms with Crippen LogP contribution in [0.15, 0.2) is 24.3 Å². The zero-order valence-corrected chi connectivity index (χ0v) is 23.3. The molecule has 0 aliphatic rings. The largest absolute Gasteiger partial charge is 0.507 e. The molecule has 0 aliphatic carbocycles. The number of aliphatic hydroxyl groups excluding tert-OH is 2. The van der Waals surface area contributed by atoms with Crippen LogP contribution in [0.25, 0.3) is 0 Å². The number of carbonyl (C=O) groups is 2. The van der Waals surface area contributed by atoms with E-state index in [0.717, 1.165) is 12.8 Å². The lowest BCUT2D eigenvalue weighted by Crippen LogP contribution is -2.21. The fraction of sp³-hybridized carbons (Fsp3) is 0.733. The van der Waals surface area contributed by atoms with E-state index in [0.29, 0.717) is 13.0 Å². The van der Waals surface area contributed by atoms with Gasteiger partial charge in [-0.1, -0.05) is 109 Å². The Bertz CT molecular complexity index is 678. The number of aliphatic hydroxyl groups is 2. The highest BCUT2D eigenvalue weighted by Gasteiger charge is 2.10. The van der Waals surface area contributed by atoms with Crippen molar-refractivity contribution in [3.63, 3.8) is 0 Å². The van der Waals surface area contributed by atoms with Gasteiger partial charge in [-0.05, 0) is 25.5 Å². The van der Waals surface area contributed by atoms with Crippen molar-refractivity contribution in [2.45, 2.75) is 123 Å². The molecule has 1 aromatic carbocycles. The second kappa shape index (κ2) is 25.5. The van der Waals surface area contributed by atoms with Crippen molar-refractivity contribution >= 4 is 11.9 Å². The lowest BCUT2D eigenvalue weighted by atomic mass is 10.0. The lowest BCUT2D eigenvalue weighted by molar-refractivity contribution is -0.147. The Kier molecular flexibility index (Phi) is 24.1. The SMILES string of the molecule is CCCCCCCCCCCCCCCCCC(=O)OCC(O)CO.CCOC(=O)c1ccccc1O. The lowest BCUT2D eigenvalue weighted by Gasteiger charge is -2.08. The van der Waals surface area contributed by atoms with E-state index in [2.05, 4.69) is 6.92 Å². The van der Waals surface area contributed by atoms with Crippen LogP contribution in [0.4, 0.5) is 0 Å². The number of aromatic hydroxyl groups is 1. The van der Waals surface area contributed by atoms with E-state index in [4.69, 9.17) is 19.7 Å². The standard InChI is InChI=1S/C21H42O4.C9H10O3/c1-2-3-4-5-6-7-8-9-10-11-12-13-14-15-16-17-21(24)25-19-20(23)18-22;1-2-12-9(11)7-5-3-4-6-8(7)10/h20,22-23H,2-19H2,1H3;3-6,10H,2H2,1H3. The van der Waals surface area contributed by atoms with Crippen LogP contribution in [0.5, 0.6) is 5.75 Å². The van der Waals surface area contributed by atoms with Gasteiger partial charge in [0.05, 0.1) is 13.2 Å². The Balaban J connectivity index is 0.000000893. The summed E-state index contributed by atoms with van der Waals surface area (Å²) >= 11 is 0. The first-order chi connectivity index (χ1) is 18.0. The molecule has 214 valence electrons. The molecule has 0 aromatic heterocycles. The maximum atomic E-state index is 11.4. The number of esters is 2. The number of phenolic OH excluding ortho intramolecular Hbond substituents is 1. The van der Waals surface area contributed by atoms with Gasteiger partial charge in [-0.2, -0.15) is 0 Å². The number of phenols is 1. The molecule has 1 atom stereocenters. The fourth-order valence-electron chi connectivity index (χ4n) is 3.81. The first-order valence-electron chi connectivity index (χ1n) is 14.4. The molecule has 0 fully saturated rings. The van der Waals surface area contributed by atoms with E-state index in [1.807, 2.05) is 0 Å². The van der Waals surface area contributed by atoms with Crippen molar-refractivity contribution in [2.75, 3.05) is 19.8 Å². The first kappa shape index (κ1) is 34.9. The third-order valence-electron chi connectivity index (χ3n) is 6.03. The predicted molar refractivity (Wildman–Crippen MR) is 148 cm³/mol. The number of hydrogen-bond acceptors (Lipinski definition) is 7. The first-order valence-corrected chi connectivity index (χ1v) is 14.4. The Morgan fingerprint density at radius 1 is 0.757 bits per heavy atom. The quantitative estimate of drug-likeness (QED) is 0.121. The van der Waals surface area contributed by atoms with Crippen molar-refractivity contribution in [2.24, 2.45) is 0 Å². The predicted octanol–water partition coefficient (Wildman–Crippen LogP) is 6.71. The summed E-state index contributed by atoms with van der Waals surface area (Å²) < 4.78 is 9.57. The number of carbonyl (C=O) groups excluding carboxylic acids is 2. The summed E-state index contributed by atoms with van der Waals surface area (Å²) in [4.78, 5) is 22.5. The minimum absolute atomic E-state index is 0.0454. The van der Waals surface area contributed by atoms with Crippen molar-refractivity contribution in [3.05, 3.63) is 29.8 Å². The molecule has 1 aromatic rings. The van der Waals surface area contributed by atoms with Crippen LogP contribution in [0.2, 0.25) is 0 Å². The topological polar surface area (TPSA) is 113 Å². The molecule has 7 heteroatoms. The van der Waals surface area contributed by atoms with Gasteiger partial charge in [-0.25, -0.2) is 4.79 Å². The minimum Gasteiger partial charge on any atom is -0.507 e. The van der Waals surface area contributed by atoms with E-state index < -0.39 is 12.1 Å². The molecule has 0 saturated carbocycles. The smallest absolute Gasteiger partial charge is 0.341 e. The van der Waals surface area contributed by atoms with Gasteiger partial charge in [0.15, 0.2) is 0 Å². The zero-order valence-electron chi connectivity index (χ0n) is 23.3. The number of benzene rings is 1. The van der Waals surface area contributed by atoms with Crippen LogP contribution >= 0.6 is 0 Å². The number of unbranched alkanes of at least 4 members (excludes halogenated alkanes) is 14. The highest BCUT2D eigenvalue weighted by atomic mass is 16.5. The van der Waals surface area contributed by atoms with Crippen molar-refractivity contribution in [1.82, 2.24) is 0 Å². The van der Waals surface area contributed by atoms with Gasteiger partial charge in [0, 0.05) is 6.42 Å². The van der Waals surface area contributed by atoms with Crippen molar-refractivity contribution in [1.29, 1.82) is 0 Å². The molecular weight excluding hydrogens is 472 g/mol. The number of rotatable bonds is 21. The second-order valence-corrected chi connectivity index (χ2v) is 9.46. The number of ether oxygens (including phenoxy) is 2. The summed E-state index contributed by atoms with van der Waals surface area (Å²) in [6.07, 6.45) is 19.0. The molecule has 0 bridgehead atoms. The summed E-state index contributed by atoms with van der Waals surface area (Å²) in [6.45, 7) is 3.83. The Labute approximate surface area is 224 Å². The average Bonchev–Trinajstić information content (AvgIpc) is 2.90. The van der Waals surface area contributed by atoms with Gasteiger partial charge in [-0.15, -0.1) is 0 Å². The van der Waals surface area contributed by atoms with Crippen LogP contribution in [0.3, 0.4) is 0 Å². The third kappa shape index (κ3) is 21.7. The molecule has 0 aliphatic heterocycles. The minimum atomic E-state index is -0.954. The van der Waals surface area contributed by atoms with Crippen LogP contribution in [0, 0.1) is 0 Å². The molecule has 37 heavy (non-hydrogen) atoms. The third-order valence-corrected chi connectivity index (χ3v) is 6.03. The molecule has 1 rings (SSSR count). The highest BCUT2D eigenvalue weighted by molar-refractivity contribution is 5.92. The highest BCUT2D eigenvalue weighted by Crippen LogP contribution is 2.16. The van der Waals surface area contributed by atoms with Crippen LogP contribution in [0.1, 0.15) is 127 Å². The summed E-state index contributed by atoms with van der Waals surface area (Å²) in [5, 5.41) is 26.9. The molecule has 1 unspecified atom stereocenters. The maximum absolute atomic E-state index is 11.4. The molecule has 7 nitrogen and oxygen atoms in total. The molecule has 0 amide bonds. The van der Waals surface area contributed by atoms with E-state index in [-0.39, 0.29) is 30.5 Å². The Morgan fingerprint density at radius 2 is 1.24 bits per heavy atom. The monoisotopic (exact) mass is 524 g/mol. The number of para-hydroxylation sites is 1. The summed E-state index contributed by atoms with van der Waals surface area (Å²) in [5.74, 6) is -0.811. The molecule has 0 spiro atoms. The summed E-state index contributed by atoms with van der Waals surface area (Å²) in [6, 6.07) is 6.30. The van der Waals surface area contributed by atoms with E-state index >= 15 is 0 Å². The second-order valence-electron chi connectivity index (χ2n) is 9.46. The maximum Gasteiger partial charge on any atom is 0.341 e. The van der Waals surface area contributed by atoms with Crippen LogP contribution < -0.4 is 0 Å².